The van der Waals surface area contributed by atoms with E-state index < -0.39 is 0 Å². The minimum atomic E-state index is -0.284. The average molecular weight is 319 g/mol. The topological polar surface area (TPSA) is 98.1 Å². The lowest BCUT2D eigenvalue weighted by atomic mass is 9.96. The first-order valence-electron chi connectivity index (χ1n) is 7.31. The molecule has 2 aromatic rings. The number of nitrogens with zero attached hydrogens (tertiary/aromatic N) is 2. The maximum atomic E-state index is 12.3. The van der Waals surface area contributed by atoms with Crippen molar-refractivity contribution in [1.82, 2.24) is 15.1 Å². The van der Waals surface area contributed by atoms with Gasteiger partial charge in [-0.15, -0.1) is 0 Å². The number of aryl methyl sites for hydroxylation is 1. The fraction of sp³-hybridized carbons (Fsp3) is 0.500. The maximum absolute atomic E-state index is 12.3. The van der Waals surface area contributed by atoms with Crippen molar-refractivity contribution in [3.63, 3.8) is 0 Å². The highest BCUT2D eigenvalue weighted by Crippen LogP contribution is 2.22. The third kappa shape index (κ3) is 3.49. The standard InChI is InChI=1S/C16H21N3O4/c1-8-12(10(3)20)9(2)17-13(8)11(21)7-22-15-18-14(19-23-15)16(4,5)6/h17H,7H2,1-6H3. The van der Waals surface area contributed by atoms with Gasteiger partial charge in [0, 0.05) is 16.7 Å². The number of rotatable bonds is 5. The molecule has 2 aromatic heterocycles. The van der Waals surface area contributed by atoms with Gasteiger partial charge in [0.25, 0.3) is 0 Å². The van der Waals surface area contributed by atoms with E-state index >= 15 is 0 Å². The van der Waals surface area contributed by atoms with Crippen molar-refractivity contribution in [2.45, 2.75) is 47.0 Å². The summed E-state index contributed by atoms with van der Waals surface area (Å²) in [7, 11) is 0. The average Bonchev–Trinajstić information content (AvgIpc) is 3.00. The zero-order chi connectivity index (χ0) is 17.4. The van der Waals surface area contributed by atoms with Crippen LogP contribution in [0.3, 0.4) is 0 Å². The van der Waals surface area contributed by atoms with E-state index in [-0.39, 0.29) is 29.7 Å². The summed E-state index contributed by atoms with van der Waals surface area (Å²) in [6.45, 7) is 10.6. The molecule has 7 heteroatoms. The van der Waals surface area contributed by atoms with E-state index in [1.54, 1.807) is 13.8 Å². The Balaban J connectivity index is 2.10. The molecule has 2 rings (SSSR count). The normalized spacial score (nSPS) is 11.6. The third-order valence-electron chi connectivity index (χ3n) is 3.47. The van der Waals surface area contributed by atoms with Crippen LogP contribution in [0.5, 0.6) is 6.08 Å². The molecule has 0 saturated heterocycles. The number of ether oxygens (including phenoxy) is 1. The summed E-state index contributed by atoms with van der Waals surface area (Å²) >= 11 is 0. The zero-order valence-corrected chi connectivity index (χ0v) is 14.2. The Morgan fingerprint density at radius 2 is 1.91 bits per heavy atom. The molecule has 0 spiro atoms. The molecule has 2 heterocycles. The number of H-pyrrole nitrogens is 1. The smallest absolute Gasteiger partial charge is 0.417 e. The number of aromatic amines is 1. The molecule has 0 saturated carbocycles. The van der Waals surface area contributed by atoms with Crippen LogP contribution in [-0.2, 0) is 5.41 Å². The van der Waals surface area contributed by atoms with Crippen molar-refractivity contribution >= 4 is 11.6 Å². The van der Waals surface area contributed by atoms with Gasteiger partial charge >= 0.3 is 6.08 Å². The van der Waals surface area contributed by atoms with Gasteiger partial charge in [-0.3, -0.25) is 14.1 Å². The van der Waals surface area contributed by atoms with Crippen molar-refractivity contribution in [1.29, 1.82) is 0 Å². The van der Waals surface area contributed by atoms with Crippen molar-refractivity contribution in [2.75, 3.05) is 6.61 Å². The minimum Gasteiger partial charge on any atom is -0.440 e. The minimum absolute atomic E-state index is 0.0454. The van der Waals surface area contributed by atoms with Crippen LogP contribution >= 0.6 is 0 Å². The number of carbonyl (C=O) groups is 2. The molecule has 23 heavy (non-hydrogen) atoms. The molecule has 0 bridgehead atoms. The monoisotopic (exact) mass is 319 g/mol. The van der Waals surface area contributed by atoms with E-state index in [1.807, 2.05) is 20.8 Å². The third-order valence-corrected chi connectivity index (χ3v) is 3.47. The van der Waals surface area contributed by atoms with Gasteiger partial charge in [-0.25, -0.2) is 0 Å². The summed E-state index contributed by atoms with van der Waals surface area (Å²) in [4.78, 5) is 30.9. The summed E-state index contributed by atoms with van der Waals surface area (Å²) < 4.78 is 10.2. The Morgan fingerprint density at radius 1 is 1.26 bits per heavy atom. The van der Waals surface area contributed by atoms with Gasteiger partial charge in [0.1, 0.15) is 0 Å². The summed E-state index contributed by atoms with van der Waals surface area (Å²) in [6, 6.07) is 0. The number of nitrogens with one attached hydrogen (secondary N) is 1. The van der Waals surface area contributed by atoms with Crippen molar-refractivity contribution in [2.24, 2.45) is 0 Å². The lowest BCUT2D eigenvalue weighted by Gasteiger charge is -2.10. The van der Waals surface area contributed by atoms with E-state index in [1.165, 1.54) is 6.92 Å². The molecule has 0 aliphatic rings. The van der Waals surface area contributed by atoms with E-state index in [9.17, 15) is 9.59 Å². The molecule has 0 fully saturated rings. The van der Waals surface area contributed by atoms with E-state index in [0.29, 0.717) is 28.3 Å². The molecule has 1 N–H and O–H groups in total. The van der Waals surface area contributed by atoms with Gasteiger partial charge in [-0.1, -0.05) is 25.9 Å². The van der Waals surface area contributed by atoms with Crippen LogP contribution in [0, 0.1) is 13.8 Å². The maximum Gasteiger partial charge on any atom is 0.417 e. The van der Waals surface area contributed by atoms with Gasteiger partial charge < -0.3 is 9.72 Å². The predicted molar refractivity (Wildman–Crippen MR) is 83.1 cm³/mol. The molecule has 0 aromatic carbocycles. The van der Waals surface area contributed by atoms with Crippen LogP contribution in [0.4, 0.5) is 0 Å². The molecule has 0 aliphatic carbocycles. The number of aromatic nitrogens is 3. The van der Waals surface area contributed by atoms with Crippen LogP contribution in [0.15, 0.2) is 4.52 Å². The van der Waals surface area contributed by atoms with Crippen molar-refractivity contribution in [3.05, 3.63) is 28.3 Å². The number of ketones is 2. The fourth-order valence-electron chi connectivity index (χ4n) is 2.33. The molecule has 124 valence electrons. The summed E-state index contributed by atoms with van der Waals surface area (Å²) in [5.41, 5.74) is 1.94. The lowest BCUT2D eigenvalue weighted by Crippen LogP contribution is -2.15. The highest BCUT2D eigenvalue weighted by Gasteiger charge is 2.23. The summed E-state index contributed by atoms with van der Waals surface area (Å²) in [5, 5.41) is 3.82. The van der Waals surface area contributed by atoms with Crippen LogP contribution in [-0.4, -0.2) is 33.3 Å². The molecule has 0 amide bonds. The van der Waals surface area contributed by atoms with Crippen LogP contribution in [0.2, 0.25) is 0 Å². The summed E-state index contributed by atoms with van der Waals surface area (Å²) in [6.07, 6.45) is -0.0454. The first kappa shape index (κ1) is 16.9. The van der Waals surface area contributed by atoms with Crippen LogP contribution < -0.4 is 4.74 Å². The molecule has 0 aliphatic heterocycles. The Bertz CT molecular complexity index is 750. The highest BCUT2D eigenvalue weighted by atomic mass is 16.6. The second-order valence-electron chi connectivity index (χ2n) is 6.53. The molecule has 7 nitrogen and oxygen atoms in total. The molecular formula is C16H21N3O4. The molecule has 0 atom stereocenters. The predicted octanol–water partition coefficient (Wildman–Crippen LogP) is 2.78. The second kappa shape index (κ2) is 5.98. The Labute approximate surface area is 134 Å². The Morgan fingerprint density at radius 3 is 2.39 bits per heavy atom. The SMILES string of the molecule is CC(=O)c1c(C)[nH]c(C(=O)COc2nc(C(C)(C)C)no2)c1C. The number of hydrogen-bond acceptors (Lipinski definition) is 6. The number of carbonyl (C=O) groups excluding carboxylic acids is 2. The Hall–Kier alpha value is -2.44. The quantitative estimate of drug-likeness (QED) is 0.851. The van der Waals surface area contributed by atoms with Crippen LogP contribution in [0.25, 0.3) is 0 Å². The number of Topliss-reactive ketones (excluding diaryl/α,β-unsaturated/α-hetero) is 2. The second-order valence-corrected chi connectivity index (χ2v) is 6.53. The summed E-state index contributed by atoms with van der Waals surface area (Å²) in [5.74, 6) is 0.141. The van der Waals surface area contributed by atoms with E-state index in [0.717, 1.165) is 0 Å². The first-order chi connectivity index (χ1) is 10.6. The van der Waals surface area contributed by atoms with Gasteiger partial charge in [0.05, 0.1) is 5.69 Å². The van der Waals surface area contributed by atoms with Crippen LogP contribution in [0.1, 0.15) is 65.6 Å². The first-order valence-corrected chi connectivity index (χ1v) is 7.31. The lowest BCUT2D eigenvalue weighted by molar-refractivity contribution is 0.0879. The van der Waals surface area contributed by atoms with Crippen molar-refractivity contribution < 1.29 is 18.8 Å². The molecule has 0 unspecified atom stereocenters. The zero-order valence-electron chi connectivity index (χ0n) is 14.2. The fourth-order valence-corrected chi connectivity index (χ4v) is 2.33. The van der Waals surface area contributed by atoms with Crippen molar-refractivity contribution in [3.8, 4) is 6.08 Å². The highest BCUT2D eigenvalue weighted by molar-refractivity contribution is 6.03. The number of hydrogen-bond donors (Lipinski definition) is 1. The van der Waals surface area contributed by atoms with Gasteiger partial charge in [-0.2, -0.15) is 4.98 Å². The Kier molecular flexibility index (Phi) is 4.40. The van der Waals surface area contributed by atoms with Gasteiger partial charge in [-0.05, 0) is 26.3 Å². The van der Waals surface area contributed by atoms with Gasteiger partial charge in [0.2, 0.25) is 5.78 Å². The van der Waals surface area contributed by atoms with Gasteiger partial charge in [0.15, 0.2) is 18.2 Å². The van der Waals surface area contributed by atoms with E-state index in [2.05, 4.69) is 15.1 Å². The largest absolute Gasteiger partial charge is 0.440 e. The van der Waals surface area contributed by atoms with E-state index in [4.69, 9.17) is 9.26 Å². The molecular weight excluding hydrogens is 298 g/mol. The molecule has 0 radical (unpaired) electrons.